The third-order valence-corrected chi connectivity index (χ3v) is 2.93. The summed E-state index contributed by atoms with van der Waals surface area (Å²) in [5, 5.41) is 0. The Kier molecular flexibility index (Phi) is 2.20. The number of hydrogen-bond donors (Lipinski definition) is 0. The molecule has 0 N–H and O–H groups in total. The number of aromatic nitrogens is 1. The van der Waals surface area contributed by atoms with Crippen molar-refractivity contribution in [1.29, 1.82) is 0 Å². The molecule has 0 unspecified atom stereocenters. The molecule has 0 atom stereocenters. The Morgan fingerprint density at radius 3 is 2.46 bits per heavy atom. The SMILES string of the molecule is O=c1cc(-c2ccccc2)sn1Cl. The van der Waals surface area contributed by atoms with Gasteiger partial charge < -0.3 is 0 Å². The minimum absolute atomic E-state index is 0.175. The lowest BCUT2D eigenvalue weighted by molar-refractivity contribution is 1.31. The zero-order chi connectivity index (χ0) is 9.26. The van der Waals surface area contributed by atoms with Crippen molar-refractivity contribution >= 4 is 23.3 Å². The van der Waals surface area contributed by atoms with E-state index in [0.717, 1.165) is 13.9 Å². The fourth-order valence-electron chi connectivity index (χ4n) is 1.06. The Hall–Kier alpha value is -1.06. The number of hydrogen-bond acceptors (Lipinski definition) is 2. The first-order valence-corrected chi connectivity index (χ1v) is 4.83. The third-order valence-electron chi connectivity index (χ3n) is 1.66. The molecule has 2 rings (SSSR count). The summed E-state index contributed by atoms with van der Waals surface area (Å²) in [7, 11) is 0. The topological polar surface area (TPSA) is 22.0 Å². The number of rotatable bonds is 1. The first-order chi connectivity index (χ1) is 6.27. The van der Waals surface area contributed by atoms with Gasteiger partial charge in [-0.15, -0.1) is 0 Å². The van der Waals surface area contributed by atoms with E-state index < -0.39 is 0 Å². The molecule has 0 spiro atoms. The van der Waals surface area contributed by atoms with Crippen LogP contribution >= 0.6 is 23.3 Å². The van der Waals surface area contributed by atoms with Gasteiger partial charge in [-0.25, -0.2) is 0 Å². The average Bonchev–Trinajstić information content (AvgIpc) is 2.49. The van der Waals surface area contributed by atoms with Crippen molar-refractivity contribution in [2.24, 2.45) is 0 Å². The quantitative estimate of drug-likeness (QED) is 0.711. The van der Waals surface area contributed by atoms with E-state index in [9.17, 15) is 4.79 Å². The van der Waals surface area contributed by atoms with Crippen molar-refractivity contribution in [2.75, 3.05) is 0 Å². The van der Waals surface area contributed by atoms with Crippen molar-refractivity contribution in [3.8, 4) is 10.4 Å². The highest BCUT2D eigenvalue weighted by molar-refractivity contribution is 7.12. The van der Waals surface area contributed by atoms with Crippen molar-refractivity contribution < 1.29 is 0 Å². The summed E-state index contributed by atoms with van der Waals surface area (Å²) < 4.78 is 1.10. The molecule has 1 heterocycles. The molecule has 0 fully saturated rings. The molecule has 0 aliphatic carbocycles. The van der Waals surface area contributed by atoms with E-state index in [1.54, 1.807) is 0 Å². The second kappa shape index (κ2) is 3.36. The molecule has 0 radical (unpaired) electrons. The zero-order valence-corrected chi connectivity index (χ0v) is 8.18. The summed E-state index contributed by atoms with van der Waals surface area (Å²) in [5.74, 6) is 0. The fourth-order valence-corrected chi connectivity index (χ4v) is 2.04. The van der Waals surface area contributed by atoms with Crippen LogP contribution in [0.4, 0.5) is 0 Å². The molecular formula is C9H6ClNOS. The summed E-state index contributed by atoms with van der Waals surface area (Å²) in [5.41, 5.74) is 0.842. The predicted molar refractivity (Wildman–Crippen MR) is 55.3 cm³/mol. The Morgan fingerprint density at radius 1 is 1.23 bits per heavy atom. The van der Waals surface area contributed by atoms with Crippen LogP contribution in [0.1, 0.15) is 0 Å². The van der Waals surface area contributed by atoms with Crippen LogP contribution in [0, 0.1) is 0 Å². The Morgan fingerprint density at radius 2 is 1.92 bits per heavy atom. The number of halogens is 1. The minimum Gasteiger partial charge on any atom is -0.267 e. The van der Waals surface area contributed by atoms with Gasteiger partial charge in [0.15, 0.2) is 0 Å². The third kappa shape index (κ3) is 1.66. The van der Waals surface area contributed by atoms with E-state index in [-0.39, 0.29) is 5.56 Å². The molecule has 0 saturated carbocycles. The van der Waals surface area contributed by atoms with Crippen LogP contribution in [0.3, 0.4) is 0 Å². The molecular weight excluding hydrogens is 206 g/mol. The van der Waals surface area contributed by atoms with Gasteiger partial charge in [0.2, 0.25) is 0 Å². The van der Waals surface area contributed by atoms with E-state index in [1.165, 1.54) is 17.6 Å². The molecule has 4 heteroatoms. The lowest BCUT2D eigenvalue weighted by atomic mass is 10.2. The van der Waals surface area contributed by atoms with E-state index in [0.29, 0.717) is 0 Å². The molecule has 66 valence electrons. The van der Waals surface area contributed by atoms with Gasteiger partial charge >= 0.3 is 0 Å². The second-order valence-corrected chi connectivity index (χ2v) is 4.08. The first-order valence-electron chi connectivity index (χ1n) is 3.72. The van der Waals surface area contributed by atoms with Crippen molar-refractivity contribution in [3.05, 3.63) is 46.8 Å². The van der Waals surface area contributed by atoms with Crippen molar-refractivity contribution in [3.63, 3.8) is 0 Å². The largest absolute Gasteiger partial charge is 0.276 e. The van der Waals surface area contributed by atoms with E-state index in [1.807, 2.05) is 30.3 Å². The van der Waals surface area contributed by atoms with Gasteiger partial charge in [-0.05, 0) is 17.1 Å². The molecule has 0 aliphatic heterocycles. The molecule has 0 saturated heterocycles. The summed E-state index contributed by atoms with van der Waals surface area (Å²) in [6, 6.07) is 11.2. The van der Waals surface area contributed by atoms with Crippen LogP contribution in [-0.4, -0.2) is 3.48 Å². The van der Waals surface area contributed by atoms with E-state index in [2.05, 4.69) is 0 Å². The van der Waals surface area contributed by atoms with Gasteiger partial charge in [0.05, 0.1) is 4.88 Å². The fraction of sp³-hybridized carbons (Fsp3) is 0. The maximum Gasteiger partial charge on any atom is 0.276 e. The van der Waals surface area contributed by atoms with Crippen LogP contribution in [0.25, 0.3) is 10.4 Å². The summed E-state index contributed by atoms with van der Waals surface area (Å²) in [6.07, 6.45) is 0. The predicted octanol–water partition coefficient (Wildman–Crippen LogP) is 2.58. The Balaban J connectivity index is 2.54. The number of nitrogens with zero attached hydrogens (tertiary/aromatic N) is 1. The molecule has 2 aromatic rings. The summed E-state index contributed by atoms with van der Waals surface area (Å²) in [6.45, 7) is 0. The Bertz CT molecular complexity index is 460. The maximum absolute atomic E-state index is 11.1. The lowest BCUT2D eigenvalue weighted by Gasteiger charge is -1.92. The van der Waals surface area contributed by atoms with Gasteiger partial charge in [0, 0.05) is 17.8 Å². The molecule has 2 nitrogen and oxygen atoms in total. The van der Waals surface area contributed by atoms with Crippen LogP contribution in [0.2, 0.25) is 0 Å². The van der Waals surface area contributed by atoms with Gasteiger partial charge in [-0.2, -0.15) is 3.48 Å². The highest BCUT2D eigenvalue weighted by atomic mass is 35.5. The maximum atomic E-state index is 11.1. The zero-order valence-electron chi connectivity index (χ0n) is 6.61. The molecule has 0 aliphatic rings. The Labute approximate surface area is 84.3 Å². The molecule has 0 bridgehead atoms. The highest BCUT2D eigenvalue weighted by Crippen LogP contribution is 2.22. The molecule has 1 aromatic carbocycles. The summed E-state index contributed by atoms with van der Waals surface area (Å²) in [4.78, 5) is 11.9. The highest BCUT2D eigenvalue weighted by Gasteiger charge is 2.03. The van der Waals surface area contributed by atoms with Gasteiger partial charge in [-0.3, -0.25) is 4.79 Å². The van der Waals surface area contributed by atoms with Gasteiger partial charge in [-0.1, -0.05) is 30.3 Å². The first kappa shape index (κ1) is 8.53. The van der Waals surface area contributed by atoms with E-state index in [4.69, 9.17) is 11.8 Å². The molecule has 13 heavy (non-hydrogen) atoms. The van der Waals surface area contributed by atoms with Crippen LogP contribution < -0.4 is 5.56 Å². The summed E-state index contributed by atoms with van der Waals surface area (Å²) >= 11 is 6.84. The molecule has 1 aromatic heterocycles. The normalized spacial score (nSPS) is 10.2. The standard InChI is InChI=1S/C9H6ClNOS/c10-11-9(12)6-8(13-11)7-4-2-1-3-5-7/h1-6H. The van der Waals surface area contributed by atoms with Crippen LogP contribution in [0.15, 0.2) is 41.2 Å². The lowest BCUT2D eigenvalue weighted by Crippen LogP contribution is -2.00. The second-order valence-electron chi connectivity index (χ2n) is 2.55. The minimum atomic E-state index is -0.175. The van der Waals surface area contributed by atoms with Crippen molar-refractivity contribution in [1.82, 2.24) is 3.48 Å². The van der Waals surface area contributed by atoms with Crippen LogP contribution in [0.5, 0.6) is 0 Å². The smallest absolute Gasteiger partial charge is 0.267 e. The van der Waals surface area contributed by atoms with E-state index >= 15 is 0 Å². The van der Waals surface area contributed by atoms with Crippen molar-refractivity contribution in [2.45, 2.75) is 0 Å². The van der Waals surface area contributed by atoms with Crippen LogP contribution in [-0.2, 0) is 0 Å². The average molecular weight is 212 g/mol. The van der Waals surface area contributed by atoms with Gasteiger partial charge in [0.1, 0.15) is 0 Å². The van der Waals surface area contributed by atoms with Gasteiger partial charge in [0.25, 0.3) is 5.56 Å². The molecule has 0 amide bonds. The number of benzene rings is 1. The monoisotopic (exact) mass is 211 g/mol.